The molecule has 0 radical (unpaired) electrons. The molecule has 0 bridgehead atoms. The maximum absolute atomic E-state index is 12.4. The van der Waals surface area contributed by atoms with Gasteiger partial charge in [0.15, 0.2) is 0 Å². The topological polar surface area (TPSA) is 51.0 Å². The van der Waals surface area contributed by atoms with Gasteiger partial charge >= 0.3 is 0 Å². The van der Waals surface area contributed by atoms with Gasteiger partial charge in [-0.05, 0) is 24.1 Å². The van der Waals surface area contributed by atoms with Gasteiger partial charge in [-0.15, -0.1) is 0 Å². The summed E-state index contributed by atoms with van der Waals surface area (Å²) in [7, 11) is 0. The van der Waals surface area contributed by atoms with Crippen LogP contribution in [0.15, 0.2) is 24.7 Å². The van der Waals surface area contributed by atoms with Gasteiger partial charge in [0.2, 0.25) is 5.91 Å². The third-order valence-electron chi connectivity index (χ3n) is 3.98. The first kappa shape index (κ1) is 13.8. The van der Waals surface area contributed by atoms with Gasteiger partial charge in [0.25, 0.3) is 0 Å². The van der Waals surface area contributed by atoms with Crippen LogP contribution in [0.2, 0.25) is 0 Å². The number of carbonyl (C=O) groups is 1. The van der Waals surface area contributed by atoms with E-state index in [0.29, 0.717) is 26.1 Å². The number of aromatic nitrogens is 3. The Bertz CT molecular complexity index is 662. The molecule has 1 aliphatic heterocycles. The molecule has 2 aromatic heterocycles. The van der Waals surface area contributed by atoms with Gasteiger partial charge in [-0.3, -0.25) is 9.78 Å². The van der Waals surface area contributed by atoms with Crippen LogP contribution < -0.4 is 0 Å². The van der Waals surface area contributed by atoms with Gasteiger partial charge in [-0.25, -0.2) is 4.98 Å². The highest BCUT2D eigenvalue weighted by Gasteiger charge is 2.23. The van der Waals surface area contributed by atoms with Gasteiger partial charge in [-0.1, -0.05) is 6.92 Å². The first-order valence-electron chi connectivity index (χ1n) is 7.39. The molecule has 0 saturated carbocycles. The lowest BCUT2D eigenvalue weighted by atomic mass is 10.2. The van der Waals surface area contributed by atoms with Crippen molar-refractivity contribution in [2.24, 2.45) is 0 Å². The molecule has 0 atom stereocenters. The molecule has 0 aliphatic carbocycles. The molecule has 5 heteroatoms. The highest BCUT2D eigenvalue weighted by atomic mass is 16.2. The monoisotopic (exact) mass is 284 g/mol. The maximum atomic E-state index is 12.4. The lowest BCUT2D eigenvalue weighted by molar-refractivity contribution is -0.132. The number of aryl methyl sites for hydroxylation is 3. The van der Waals surface area contributed by atoms with Crippen molar-refractivity contribution in [3.05, 3.63) is 47.3 Å². The Morgan fingerprint density at radius 1 is 1.29 bits per heavy atom. The molecule has 0 aromatic carbocycles. The van der Waals surface area contributed by atoms with Crippen LogP contribution in [0.5, 0.6) is 0 Å². The van der Waals surface area contributed by atoms with Crippen molar-refractivity contribution >= 4 is 5.91 Å². The molecule has 0 saturated heterocycles. The van der Waals surface area contributed by atoms with Crippen molar-refractivity contribution < 1.29 is 4.79 Å². The molecule has 0 spiro atoms. The van der Waals surface area contributed by atoms with E-state index in [-0.39, 0.29) is 5.91 Å². The largest absolute Gasteiger partial charge is 0.334 e. The average molecular weight is 284 g/mol. The number of hydrogen-bond donors (Lipinski definition) is 0. The molecule has 0 N–H and O–H groups in total. The SMILES string of the molecule is CCc1nccn1CCC(=O)N1Cc2cnc(C)cc2C1. The van der Waals surface area contributed by atoms with E-state index in [1.165, 1.54) is 11.1 Å². The molecular formula is C16H20N4O. The number of rotatable bonds is 4. The summed E-state index contributed by atoms with van der Waals surface area (Å²) in [5, 5.41) is 0. The molecule has 3 heterocycles. The Kier molecular flexibility index (Phi) is 3.73. The number of carbonyl (C=O) groups excluding carboxylic acids is 1. The predicted molar refractivity (Wildman–Crippen MR) is 79.5 cm³/mol. The molecular weight excluding hydrogens is 264 g/mol. The van der Waals surface area contributed by atoms with E-state index in [0.717, 1.165) is 17.9 Å². The first-order chi connectivity index (χ1) is 10.2. The molecule has 0 fully saturated rings. The Morgan fingerprint density at radius 3 is 2.90 bits per heavy atom. The van der Waals surface area contributed by atoms with Crippen LogP contribution in [-0.2, 0) is 30.8 Å². The van der Waals surface area contributed by atoms with E-state index in [9.17, 15) is 4.79 Å². The van der Waals surface area contributed by atoms with Gasteiger partial charge in [0.1, 0.15) is 5.82 Å². The summed E-state index contributed by atoms with van der Waals surface area (Å²) < 4.78 is 2.06. The van der Waals surface area contributed by atoms with Crippen LogP contribution in [-0.4, -0.2) is 25.3 Å². The summed E-state index contributed by atoms with van der Waals surface area (Å²) in [4.78, 5) is 22.9. The summed E-state index contributed by atoms with van der Waals surface area (Å²) in [6.45, 7) is 6.16. The first-order valence-corrected chi connectivity index (χ1v) is 7.39. The second-order valence-corrected chi connectivity index (χ2v) is 5.48. The van der Waals surface area contributed by atoms with E-state index in [1.54, 1.807) is 6.20 Å². The zero-order valence-corrected chi connectivity index (χ0v) is 12.5. The van der Waals surface area contributed by atoms with Gasteiger partial charge < -0.3 is 9.47 Å². The summed E-state index contributed by atoms with van der Waals surface area (Å²) in [6, 6.07) is 2.08. The lowest BCUT2D eigenvalue weighted by Gasteiger charge is -2.16. The number of amides is 1. The standard InChI is InChI=1S/C16H20N4O/c1-3-15-17-5-7-19(15)6-4-16(21)20-10-13-8-12(2)18-9-14(13)11-20/h5,7-9H,3-4,6,10-11H2,1-2H3. The quantitative estimate of drug-likeness (QED) is 0.863. The summed E-state index contributed by atoms with van der Waals surface area (Å²) in [5.41, 5.74) is 3.41. The zero-order valence-electron chi connectivity index (χ0n) is 12.5. The predicted octanol–water partition coefficient (Wildman–Crippen LogP) is 2.08. The Labute approximate surface area is 124 Å². The third kappa shape index (κ3) is 2.82. The Hall–Kier alpha value is -2.17. The van der Waals surface area contributed by atoms with E-state index < -0.39 is 0 Å². The number of imidazole rings is 1. The van der Waals surface area contributed by atoms with Crippen molar-refractivity contribution in [1.29, 1.82) is 0 Å². The Morgan fingerprint density at radius 2 is 2.10 bits per heavy atom. The molecule has 1 amide bonds. The summed E-state index contributed by atoms with van der Waals surface area (Å²) >= 11 is 0. The Balaban J connectivity index is 1.60. The van der Waals surface area contributed by atoms with Crippen LogP contribution in [0, 0.1) is 6.92 Å². The smallest absolute Gasteiger partial charge is 0.224 e. The fourth-order valence-corrected chi connectivity index (χ4v) is 2.81. The second-order valence-electron chi connectivity index (χ2n) is 5.48. The minimum atomic E-state index is 0.194. The minimum Gasteiger partial charge on any atom is -0.334 e. The summed E-state index contributed by atoms with van der Waals surface area (Å²) in [5.74, 6) is 1.23. The molecule has 2 aromatic rings. The molecule has 3 rings (SSSR count). The highest BCUT2D eigenvalue weighted by molar-refractivity contribution is 5.76. The average Bonchev–Trinajstić information content (AvgIpc) is 3.10. The van der Waals surface area contributed by atoms with Crippen molar-refractivity contribution in [2.75, 3.05) is 0 Å². The van der Waals surface area contributed by atoms with Crippen molar-refractivity contribution in [3.63, 3.8) is 0 Å². The highest BCUT2D eigenvalue weighted by Crippen LogP contribution is 2.23. The zero-order chi connectivity index (χ0) is 14.8. The van der Waals surface area contributed by atoms with E-state index in [4.69, 9.17) is 0 Å². The van der Waals surface area contributed by atoms with E-state index in [2.05, 4.69) is 27.5 Å². The van der Waals surface area contributed by atoms with Crippen molar-refractivity contribution in [2.45, 2.75) is 46.3 Å². The molecule has 110 valence electrons. The second kappa shape index (κ2) is 5.68. The minimum absolute atomic E-state index is 0.194. The van der Waals surface area contributed by atoms with E-state index >= 15 is 0 Å². The van der Waals surface area contributed by atoms with Crippen LogP contribution in [0.1, 0.15) is 36.0 Å². The molecule has 0 unspecified atom stereocenters. The maximum Gasteiger partial charge on any atom is 0.224 e. The lowest BCUT2D eigenvalue weighted by Crippen LogP contribution is -2.26. The van der Waals surface area contributed by atoms with Crippen LogP contribution in [0.25, 0.3) is 0 Å². The van der Waals surface area contributed by atoms with Crippen molar-refractivity contribution in [3.8, 4) is 0 Å². The normalized spacial score (nSPS) is 13.5. The third-order valence-corrected chi connectivity index (χ3v) is 3.98. The van der Waals surface area contributed by atoms with Gasteiger partial charge in [-0.2, -0.15) is 0 Å². The fraction of sp³-hybridized carbons (Fsp3) is 0.438. The van der Waals surface area contributed by atoms with Crippen molar-refractivity contribution in [1.82, 2.24) is 19.4 Å². The van der Waals surface area contributed by atoms with E-state index in [1.807, 2.05) is 24.2 Å². The molecule has 21 heavy (non-hydrogen) atoms. The number of nitrogens with zero attached hydrogens (tertiary/aromatic N) is 4. The van der Waals surface area contributed by atoms with Gasteiger partial charge in [0.05, 0.1) is 0 Å². The number of hydrogen-bond acceptors (Lipinski definition) is 3. The van der Waals surface area contributed by atoms with Crippen LogP contribution in [0.3, 0.4) is 0 Å². The summed E-state index contributed by atoms with van der Waals surface area (Å²) in [6.07, 6.45) is 7.04. The van der Waals surface area contributed by atoms with Crippen LogP contribution in [0.4, 0.5) is 0 Å². The van der Waals surface area contributed by atoms with Gasteiger partial charge in [0, 0.05) is 56.8 Å². The number of pyridine rings is 1. The number of fused-ring (bicyclic) bond motifs is 1. The van der Waals surface area contributed by atoms with Crippen LogP contribution >= 0.6 is 0 Å². The molecule has 1 aliphatic rings. The molecule has 5 nitrogen and oxygen atoms in total. The fourth-order valence-electron chi connectivity index (χ4n) is 2.81.